The zero-order valence-electron chi connectivity index (χ0n) is 17.3. The van der Waals surface area contributed by atoms with Crippen LogP contribution in [0.5, 0.6) is 0 Å². The van der Waals surface area contributed by atoms with Gasteiger partial charge in [-0.2, -0.15) is 0 Å². The number of nitrogens with two attached hydrogens (primary N) is 1. The molecule has 0 heterocycles. The average Bonchev–Trinajstić information content (AvgIpc) is 2.66. The molecule has 1 aliphatic carbocycles. The third-order valence-corrected chi connectivity index (χ3v) is 6.48. The van der Waals surface area contributed by atoms with Crippen molar-refractivity contribution < 1.29 is 0 Å². The minimum absolute atomic E-state index is 0.472. The van der Waals surface area contributed by atoms with Gasteiger partial charge in [0.1, 0.15) is 0 Å². The van der Waals surface area contributed by atoms with Crippen molar-refractivity contribution >= 4 is 11.9 Å². The van der Waals surface area contributed by atoms with Crippen LogP contribution in [0.25, 0.3) is 0 Å². The standard InChI is InChI=1S/C16H25NS.C6H12N2/c1-11-10-12(2)16(14(4)13(11)3)18-17-15-8-6-5-7-9-15;1-5(4-7)6(2)8-3/h10,15,17H,5-9H2,1-4H3;8H,1-2,4,7H2,3H3. The molecular weight excluding hydrogens is 338 g/mol. The van der Waals surface area contributed by atoms with Gasteiger partial charge in [0, 0.05) is 30.2 Å². The van der Waals surface area contributed by atoms with Gasteiger partial charge in [-0.1, -0.05) is 38.5 Å². The highest BCUT2D eigenvalue weighted by atomic mass is 32.2. The van der Waals surface area contributed by atoms with Crippen LogP contribution in [0.15, 0.2) is 35.4 Å². The molecule has 0 aromatic heterocycles. The Kier molecular flexibility index (Phi) is 10.1. The van der Waals surface area contributed by atoms with Crippen molar-refractivity contribution in [2.75, 3.05) is 13.6 Å². The van der Waals surface area contributed by atoms with E-state index in [0.29, 0.717) is 12.6 Å². The average molecular weight is 376 g/mol. The number of rotatable bonds is 6. The molecule has 0 amide bonds. The Balaban J connectivity index is 0.000000359. The second-order valence-electron chi connectivity index (χ2n) is 7.18. The molecule has 146 valence electrons. The van der Waals surface area contributed by atoms with Gasteiger partial charge in [0.15, 0.2) is 0 Å². The molecule has 1 aromatic rings. The first-order valence-corrected chi connectivity index (χ1v) is 10.4. The maximum atomic E-state index is 5.25. The minimum atomic E-state index is 0.472. The van der Waals surface area contributed by atoms with E-state index in [1.807, 2.05) is 11.9 Å². The van der Waals surface area contributed by atoms with Crippen LogP contribution in [0.3, 0.4) is 0 Å². The lowest BCUT2D eigenvalue weighted by Gasteiger charge is -2.23. The Morgan fingerprint density at radius 3 is 2.19 bits per heavy atom. The zero-order chi connectivity index (χ0) is 19.7. The quantitative estimate of drug-likeness (QED) is 0.479. The molecule has 0 unspecified atom stereocenters. The van der Waals surface area contributed by atoms with Gasteiger partial charge in [0.25, 0.3) is 0 Å². The molecule has 0 atom stereocenters. The highest BCUT2D eigenvalue weighted by molar-refractivity contribution is 7.97. The predicted octanol–water partition coefficient (Wildman–Crippen LogP) is 5.08. The van der Waals surface area contributed by atoms with Gasteiger partial charge >= 0.3 is 0 Å². The molecule has 1 aromatic carbocycles. The summed E-state index contributed by atoms with van der Waals surface area (Å²) in [5.41, 5.74) is 12.6. The summed E-state index contributed by atoms with van der Waals surface area (Å²) < 4.78 is 3.68. The van der Waals surface area contributed by atoms with Gasteiger partial charge in [0.05, 0.1) is 0 Å². The predicted molar refractivity (Wildman–Crippen MR) is 118 cm³/mol. The maximum Gasteiger partial charge on any atom is 0.0304 e. The number of hydrogen-bond donors (Lipinski definition) is 3. The molecule has 1 aliphatic rings. The van der Waals surface area contributed by atoms with Gasteiger partial charge in [-0.25, -0.2) is 0 Å². The van der Waals surface area contributed by atoms with Gasteiger partial charge in [-0.15, -0.1) is 0 Å². The molecule has 2 rings (SSSR count). The van der Waals surface area contributed by atoms with Crippen molar-refractivity contribution in [3.63, 3.8) is 0 Å². The second kappa shape index (κ2) is 11.5. The summed E-state index contributed by atoms with van der Waals surface area (Å²) in [6, 6.07) is 3.02. The Hall–Kier alpha value is -1.23. The summed E-state index contributed by atoms with van der Waals surface area (Å²) in [7, 11) is 1.79. The fourth-order valence-corrected chi connectivity index (χ4v) is 4.13. The van der Waals surface area contributed by atoms with Gasteiger partial charge in [-0.3, -0.25) is 4.72 Å². The molecule has 4 heteroatoms. The van der Waals surface area contributed by atoms with Crippen LogP contribution >= 0.6 is 11.9 Å². The van der Waals surface area contributed by atoms with Crippen LogP contribution in [0.1, 0.15) is 54.4 Å². The smallest absolute Gasteiger partial charge is 0.0304 e. The van der Waals surface area contributed by atoms with Crippen molar-refractivity contribution in [1.82, 2.24) is 10.0 Å². The summed E-state index contributed by atoms with van der Waals surface area (Å²) in [4.78, 5) is 1.43. The molecule has 0 bridgehead atoms. The summed E-state index contributed by atoms with van der Waals surface area (Å²) >= 11 is 1.85. The van der Waals surface area contributed by atoms with E-state index in [1.165, 1.54) is 59.3 Å². The maximum absolute atomic E-state index is 5.25. The van der Waals surface area contributed by atoms with Gasteiger partial charge in [0.2, 0.25) is 0 Å². The normalized spacial score (nSPS) is 14.4. The van der Waals surface area contributed by atoms with E-state index >= 15 is 0 Å². The number of benzene rings is 1. The van der Waals surface area contributed by atoms with Crippen molar-refractivity contribution in [3.05, 3.63) is 52.7 Å². The molecule has 4 N–H and O–H groups in total. The van der Waals surface area contributed by atoms with E-state index in [1.54, 1.807) is 7.05 Å². The highest BCUT2D eigenvalue weighted by Crippen LogP contribution is 2.30. The van der Waals surface area contributed by atoms with Gasteiger partial charge in [-0.05, 0) is 80.3 Å². The first-order chi connectivity index (χ1) is 12.3. The molecule has 0 saturated heterocycles. The Labute approximate surface area is 165 Å². The summed E-state index contributed by atoms with van der Waals surface area (Å²) in [5, 5.41) is 2.84. The molecule has 26 heavy (non-hydrogen) atoms. The third kappa shape index (κ3) is 6.82. The van der Waals surface area contributed by atoms with Gasteiger partial charge < -0.3 is 11.1 Å². The van der Waals surface area contributed by atoms with Crippen molar-refractivity contribution in [2.45, 2.75) is 70.7 Å². The number of aryl methyl sites for hydroxylation is 2. The van der Waals surface area contributed by atoms with E-state index in [2.05, 4.69) is 57.0 Å². The summed E-state index contributed by atoms with van der Waals surface area (Å²) in [5.74, 6) is 0. The number of hydrogen-bond acceptors (Lipinski definition) is 4. The van der Waals surface area contributed by atoms with Crippen LogP contribution < -0.4 is 15.8 Å². The molecule has 0 aliphatic heterocycles. The third-order valence-electron chi connectivity index (χ3n) is 5.19. The van der Waals surface area contributed by atoms with E-state index in [-0.39, 0.29) is 0 Å². The van der Waals surface area contributed by atoms with Crippen LogP contribution in [-0.2, 0) is 0 Å². The lowest BCUT2D eigenvalue weighted by Crippen LogP contribution is -2.25. The molecule has 1 saturated carbocycles. The summed E-state index contributed by atoms with van der Waals surface area (Å²) in [6.07, 6.45) is 6.89. The number of likely N-dealkylation sites (N-methyl/N-ethyl adjacent to an activating group) is 1. The Morgan fingerprint density at radius 1 is 1.08 bits per heavy atom. The van der Waals surface area contributed by atoms with E-state index < -0.39 is 0 Å². The lowest BCUT2D eigenvalue weighted by atomic mass is 9.96. The second-order valence-corrected chi connectivity index (χ2v) is 8.03. The van der Waals surface area contributed by atoms with Crippen molar-refractivity contribution in [2.24, 2.45) is 5.73 Å². The molecule has 0 spiro atoms. The highest BCUT2D eigenvalue weighted by Gasteiger charge is 2.15. The SMILES string of the molecule is C=C(CN)C(=C)NC.Cc1cc(C)c(SNC2CCCCC2)c(C)c1C. The van der Waals surface area contributed by atoms with Crippen LogP contribution in [0.2, 0.25) is 0 Å². The van der Waals surface area contributed by atoms with Crippen molar-refractivity contribution in [1.29, 1.82) is 0 Å². The topological polar surface area (TPSA) is 50.1 Å². The summed E-state index contributed by atoms with van der Waals surface area (Å²) in [6.45, 7) is 16.7. The largest absolute Gasteiger partial charge is 0.388 e. The fourth-order valence-electron chi connectivity index (χ4n) is 3.08. The first kappa shape index (κ1) is 22.8. The lowest BCUT2D eigenvalue weighted by molar-refractivity contribution is 0.423. The molecule has 0 radical (unpaired) electrons. The van der Waals surface area contributed by atoms with E-state index in [4.69, 9.17) is 5.73 Å². The minimum Gasteiger partial charge on any atom is -0.388 e. The van der Waals surface area contributed by atoms with Crippen LogP contribution in [0, 0.1) is 27.7 Å². The number of nitrogens with one attached hydrogen (secondary N) is 2. The Morgan fingerprint density at radius 2 is 1.69 bits per heavy atom. The van der Waals surface area contributed by atoms with Crippen LogP contribution in [0.4, 0.5) is 0 Å². The first-order valence-electron chi connectivity index (χ1n) is 9.56. The van der Waals surface area contributed by atoms with E-state index in [9.17, 15) is 0 Å². The van der Waals surface area contributed by atoms with E-state index in [0.717, 1.165) is 11.3 Å². The fraction of sp³-hybridized carbons (Fsp3) is 0.545. The molecule has 1 fully saturated rings. The monoisotopic (exact) mass is 375 g/mol. The molecule has 3 nitrogen and oxygen atoms in total. The van der Waals surface area contributed by atoms with Crippen LogP contribution in [-0.4, -0.2) is 19.6 Å². The Bertz CT molecular complexity index is 602. The zero-order valence-corrected chi connectivity index (χ0v) is 18.1. The van der Waals surface area contributed by atoms with Crippen molar-refractivity contribution in [3.8, 4) is 0 Å². The molecular formula is C22H37N3S.